The van der Waals surface area contributed by atoms with E-state index >= 15 is 0 Å². The van der Waals surface area contributed by atoms with E-state index in [2.05, 4.69) is 36.5 Å². The number of nitrogens with zero attached hydrogens (tertiary/aromatic N) is 4. The molecule has 0 atom stereocenters. The summed E-state index contributed by atoms with van der Waals surface area (Å²) in [6.07, 6.45) is 2.83. The molecule has 4 aromatic rings. The van der Waals surface area contributed by atoms with E-state index in [-0.39, 0.29) is 30.5 Å². The molecule has 0 saturated carbocycles. The Labute approximate surface area is 217 Å². The van der Waals surface area contributed by atoms with Crippen molar-refractivity contribution in [3.05, 3.63) is 65.6 Å². The number of H-pyrrole nitrogens is 1. The highest BCUT2D eigenvalue weighted by Crippen LogP contribution is 2.30. The molecule has 196 valence electrons. The Kier molecular flexibility index (Phi) is 7.58. The lowest BCUT2D eigenvalue weighted by molar-refractivity contribution is -0.144. The number of carbonyl (C=O) groups excluding carboxylic acids is 2. The number of aryl methyl sites for hydroxylation is 1. The lowest BCUT2D eigenvalue weighted by Gasteiger charge is -2.11. The number of anilines is 2. The van der Waals surface area contributed by atoms with E-state index in [4.69, 9.17) is 4.74 Å². The molecule has 0 saturated heterocycles. The maximum absolute atomic E-state index is 13.0. The average molecular weight is 537 g/mol. The van der Waals surface area contributed by atoms with Gasteiger partial charge in [0.05, 0.1) is 28.3 Å². The van der Waals surface area contributed by atoms with Gasteiger partial charge in [-0.1, -0.05) is 18.2 Å². The van der Waals surface area contributed by atoms with Crippen LogP contribution in [0.2, 0.25) is 0 Å². The second-order valence-corrected chi connectivity index (χ2v) is 9.80. The summed E-state index contributed by atoms with van der Waals surface area (Å²) in [5.74, 6) is -0.466. The van der Waals surface area contributed by atoms with Crippen molar-refractivity contribution in [1.82, 2.24) is 25.1 Å². The highest BCUT2D eigenvalue weighted by Gasteiger charge is 2.18. The summed E-state index contributed by atoms with van der Waals surface area (Å²) in [6, 6.07) is 10.9. The zero-order valence-corrected chi connectivity index (χ0v) is 21.3. The molecule has 2 aromatic heterocycles. The van der Waals surface area contributed by atoms with Gasteiger partial charge >= 0.3 is 12.0 Å². The van der Waals surface area contributed by atoms with Crippen LogP contribution in [0.25, 0.3) is 10.9 Å². The summed E-state index contributed by atoms with van der Waals surface area (Å²) in [5, 5.41) is 19.0. The second kappa shape index (κ2) is 11.0. The number of benzene rings is 2. The maximum atomic E-state index is 13.0. The van der Waals surface area contributed by atoms with E-state index in [9.17, 15) is 23.3 Å². The van der Waals surface area contributed by atoms with E-state index < -0.39 is 22.0 Å². The molecular formula is C24H24N8O5S. The fraction of sp³-hybridized carbons (Fsp3) is 0.208. The van der Waals surface area contributed by atoms with Crippen LogP contribution < -0.4 is 15.4 Å². The SMILES string of the molecule is CCOC(=O)Cn1cnc(NC(=O)NCc2ccc(S(=O)(=O)Nc3ccc(C)c4c(C#N)c[nH]c34)cc2)n1. The molecule has 2 aromatic carbocycles. The lowest BCUT2D eigenvalue weighted by atomic mass is 10.1. The van der Waals surface area contributed by atoms with Crippen molar-refractivity contribution in [1.29, 1.82) is 5.26 Å². The van der Waals surface area contributed by atoms with Gasteiger partial charge in [0, 0.05) is 18.1 Å². The van der Waals surface area contributed by atoms with Crippen molar-refractivity contribution < 1.29 is 22.7 Å². The quantitative estimate of drug-likeness (QED) is 0.235. The van der Waals surface area contributed by atoms with Gasteiger partial charge in [0.25, 0.3) is 10.0 Å². The third kappa shape index (κ3) is 5.90. The van der Waals surface area contributed by atoms with Gasteiger partial charge in [0.1, 0.15) is 18.9 Å². The minimum atomic E-state index is -3.92. The fourth-order valence-corrected chi connectivity index (χ4v) is 4.75. The number of rotatable bonds is 9. The topological polar surface area (TPSA) is 184 Å². The number of amides is 2. The molecule has 2 heterocycles. The first-order valence-electron chi connectivity index (χ1n) is 11.4. The Morgan fingerprint density at radius 2 is 1.95 bits per heavy atom. The van der Waals surface area contributed by atoms with Crippen molar-refractivity contribution in [2.45, 2.75) is 31.8 Å². The molecule has 0 aliphatic carbocycles. The number of aromatic amines is 1. The largest absolute Gasteiger partial charge is 0.465 e. The Balaban J connectivity index is 1.35. The summed E-state index contributed by atoms with van der Waals surface area (Å²) in [4.78, 5) is 30.6. The zero-order valence-electron chi connectivity index (χ0n) is 20.5. The van der Waals surface area contributed by atoms with Gasteiger partial charge in [-0.3, -0.25) is 14.8 Å². The second-order valence-electron chi connectivity index (χ2n) is 8.12. The molecule has 0 unspecified atom stereocenters. The van der Waals surface area contributed by atoms with Crippen molar-refractivity contribution in [3.8, 4) is 6.07 Å². The molecule has 4 rings (SSSR count). The minimum absolute atomic E-state index is 0.00786. The standard InChI is InChI=1S/C24H24N8O5S/c1-3-37-20(33)13-32-14-28-23(30-32)29-24(34)27-11-16-5-7-18(8-6-16)38(35,36)31-19-9-4-15(2)21-17(10-25)12-26-22(19)21/h4-9,12,14,26,31H,3,11,13H2,1-2H3,(H2,27,29,30,34). The number of urea groups is 1. The number of aromatic nitrogens is 4. The number of carbonyl (C=O) groups is 2. The Bertz CT molecular complexity index is 1630. The first kappa shape index (κ1) is 26.2. The Morgan fingerprint density at radius 3 is 2.66 bits per heavy atom. The smallest absolute Gasteiger partial charge is 0.327 e. The fourth-order valence-electron chi connectivity index (χ4n) is 3.68. The Hall–Kier alpha value is -4.90. The zero-order chi connectivity index (χ0) is 27.3. The van der Waals surface area contributed by atoms with E-state index in [1.807, 2.05) is 6.92 Å². The van der Waals surface area contributed by atoms with Crippen LogP contribution in [0.4, 0.5) is 16.4 Å². The predicted octanol–water partition coefficient (Wildman–Crippen LogP) is 2.63. The summed E-state index contributed by atoms with van der Waals surface area (Å²) < 4.78 is 34.6. The van der Waals surface area contributed by atoms with Gasteiger partial charge in [-0.2, -0.15) is 5.26 Å². The van der Waals surface area contributed by atoms with Gasteiger partial charge < -0.3 is 15.0 Å². The van der Waals surface area contributed by atoms with Crippen molar-refractivity contribution in [2.75, 3.05) is 16.6 Å². The van der Waals surface area contributed by atoms with Crippen LogP contribution in [0.15, 0.2) is 53.8 Å². The lowest BCUT2D eigenvalue weighted by Crippen LogP contribution is -2.28. The van der Waals surface area contributed by atoms with Gasteiger partial charge in [-0.05, 0) is 43.2 Å². The van der Waals surface area contributed by atoms with E-state index in [1.165, 1.54) is 23.1 Å². The van der Waals surface area contributed by atoms with Crippen LogP contribution in [0.1, 0.15) is 23.6 Å². The number of hydrogen-bond donors (Lipinski definition) is 4. The molecule has 0 aliphatic heterocycles. The molecule has 4 N–H and O–H groups in total. The minimum Gasteiger partial charge on any atom is -0.465 e. The third-order valence-corrected chi connectivity index (χ3v) is 6.83. The van der Waals surface area contributed by atoms with Crippen molar-refractivity contribution in [3.63, 3.8) is 0 Å². The highest BCUT2D eigenvalue weighted by molar-refractivity contribution is 7.92. The van der Waals surface area contributed by atoms with Crippen LogP contribution in [0.5, 0.6) is 0 Å². The Morgan fingerprint density at radius 1 is 1.18 bits per heavy atom. The summed E-state index contributed by atoms with van der Waals surface area (Å²) in [5.41, 5.74) is 2.79. The molecule has 0 fully saturated rings. The summed E-state index contributed by atoms with van der Waals surface area (Å²) in [6.45, 7) is 3.77. The maximum Gasteiger partial charge on any atom is 0.327 e. The van der Waals surface area contributed by atoms with Gasteiger partial charge in [-0.25, -0.2) is 22.9 Å². The molecule has 0 bridgehead atoms. The monoisotopic (exact) mass is 536 g/mol. The molecule has 0 aliphatic rings. The first-order valence-corrected chi connectivity index (χ1v) is 12.9. The normalized spacial score (nSPS) is 11.1. The van der Waals surface area contributed by atoms with Crippen molar-refractivity contribution in [2.24, 2.45) is 0 Å². The summed E-state index contributed by atoms with van der Waals surface area (Å²) in [7, 11) is -3.92. The molecule has 13 nitrogen and oxygen atoms in total. The van der Waals surface area contributed by atoms with Gasteiger partial charge in [-0.15, -0.1) is 5.10 Å². The first-order chi connectivity index (χ1) is 18.2. The number of sulfonamides is 1. The number of ether oxygens (including phenoxy) is 1. The number of hydrogen-bond acceptors (Lipinski definition) is 8. The van der Waals surface area contributed by atoms with Crippen LogP contribution in [-0.2, 0) is 32.6 Å². The van der Waals surface area contributed by atoms with E-state index in [0.29, 0.717) is 27.7 Å². The van der Waals surface area contributed by atoms with E-state index in [0.717, 1.165) is 5.56 Å². The molecular weight excluding hydrogens is 512 g/mol. The molecule has 0 radical (unpaired) electrons. The molecule has 0 spiro atoms. The number of nitrogens with one attached hydrogen (secondary N) is 4. The van der Waals surface area contributed by atoms with Crippen LogP contribution >= 0.6 is 0 Å². The predicted molar refractivity (Wildman–Crippen MR) is 138 cm³/mol. The van der Waals surface area contributed by atoms with Crippen LogP contribution in [0.3, 0.4) is 0 Å². The van der Waals surface area contributed by atoms with Crippen LogP contribution in [0, 0.1) is 18.3 Å². The molecule has 38 heavy (non-hydrogen) atoms. The number of fused-ring (bicyclic) bond motifs is 1. The number of esters is 1. The van der Waals surface area contributed by atoms with Crippen molar-refractivity contribution >= 4 is 44.6 Å². The highest BCUT2D eigenvalue weighted by atomic mass is 32.2. The number of nitriles is 1. The van der Waals surface area contributed by atoms with Gasteiger partial charge in [0.15, 0.2) is 0 Å². The van der Waals surface area contributed by atoms with E-state index in [1.54, 1.807) is 37.4 Å². The van der Waals surface area contributed by atoms with Crippen LogP contribution in [-0.4, -0.2) is 46.8 Å². The summed E-state index contributed by atoms with van der Waals surface area (Å²) >= 11 is 0. The van der Waals surface area contributed by atoms with Gasteiger partial charge in [0.2, 0.25) is 5.95 Å². The molecule has 14 heteroatoms. The molecule has 2 amide bonds. The third-order valence-electron chi connectivity index (χ3n) is 5.45. The average Bonchev–Trinajstić information content (AvgIpc) is 3.52.